The summed E-state index contributed by atoms with van der Waals surface area (Å²) in [7, 11) is 1.36. The lowest BCUT2D eigenvalue weighted by molar-refractivity contribution is 0.0606. The van der Waals surface area contributed by atoms with Gasteiger partial charge in [-0.15, -0.1) is 11.3 Å². The van der Waals surface area contributed by atoms with Crippen molar-refractivity contribution < 1.29 is 14.3 Å². The zero-order valence-corrected chi connectivity index (χ0v) is 15.2. The van der Waals surface area contributed by atoms with Crippen LogP contribution < -0.4 is 10.6 Å². The van der Waals surface area contributed by atoms with Gasteiger partial charge in [0.05, 0.1) is 13.7 Å². The number of rotatable bonds is 6. The quantitative estimate of drug-likeness (QED) is 0.778. The summed E-state index contributed by atoms with van der Waals surface area (Å²) >= 11 is 1.33. The van der Waals surface area contributed by atoms with Crippen molar-refractivity contribution in [3.8, 4) is 0 Å². The number of nitrogens with one attached hydrogen (secondary N) is 2. The molecule has 132 valence electrons. The number of esters is 1. The molecule has 3 rings (SSSR count). The first-order valence-electron chi connectivity index (χ1n) is 8.29. The average molecular weight is 358 g/mol. The Kier molecular flexibility index (Phi) is 5.08. The van der Waals surface area contributed by atoms with Crippen LogP contribution in [0.3, 0.4) is 0 Å². The molecule has 1 fully saturated rings. The maximum atomic E-state index is 12.1. The number of amides is 2. The van der Waals surface area contributed by atoms with E-state index in [1.165, 1.54) is 29.6 Å². The number of carbonyl (C=O) groups excluding carboxylic acids is 2. The van der Waals surface area contributed by atoms with Gasteiger partial charge in [0.25, 0.3) is 0 Å². The molecule has 2 aromatic rings. The monoisotopic (exact) mass is 358 g/mol. The van der Waals surface area contributed by atoms with E-state index >= 15 is 0 Å². The van der Waals surface area contributed by atoms with Crippen LogP contribution in [0.2, 0.25) is 0 Å². The first-order chi connectivity index (χ1) is 12.0. The van der Waals surface area contributed by atoms with Crippen LogP contribution in [-0.2, 0) is 16.7 Å². The van der Waals surface area contributed by atoms with E-state index < -0.39 is 0 Å². The normalized spacial score (nSPS) is 14.6. The van der Waals surface area contributed by atoms with Gasteiger partial charge in [-0.1, -0.05) is 24.3 Å². The zero-order valence-electron chi connectivity index (χ0n) is 14.4. The van der Waals surface area contributed by atoms with Gasteiger partial charge in [-0.25, -0.2) is 9.59 Å². The Labute approximate surface area is 151 Å². The minimum absolute atomic E-state index is 0.0870. The van der Waals surface area contributed by atoms with E-state index in [2.05, 4.69) is 40.5 Å². The number of hydrogen-bond donors (Lipinski definition) is 2. The Morgan fingerprint density at radius 3 is 2.60 bits per heavy atom. The van der Waals surface area contributed by atoms with Gasteiger partial charge < -0.3 is 15.4 Å². The van der Waals surface area contributed by atoms with Crippen LogP contribution in [0.5, 0.6) is 0 Å². The summed E-state index contributed by atoms with van der Waals surface area (Å²) in [4.78, 5) is 25.0. The Morgan fingerprint density at radius 1 is 1.16 bits per heavy atom. The van der Waals surface area contributed by atoms with E-state index in [0.29, 0.717) is 18.0 Å². The molecule has 25 heavy (non-hydrogen) atoms. The van der Waals surface area contributed by atoms with Crippen molar-refractivity contribution in [2.24, 2.45) is 0 Å². The molecule has 5 nitrogen and oxygen atoms in total. The van der Waals surface area contributed by atoms with Gasteiger partial charge in [0, 0.05) is 16.8 Å². The summed E-state index contributed by atoms with van der Waals surface area (Å²) in [6.45, 7) is 3.15. The molecule has 0 radical (unpaired) electrons. The van der Waals surface area contributed by atoms with Crippen molar-refractivity contribution in [1.82, 2.24) is 10.6 Å². The largest absolute Gasteiger partial charge is 0.465 e. The molecule has 2 N–H and O–H groups in total. The summed E-state index contributed by atoms with van der Waals surface area (Å²) in [6.07, 6.45) is 2.21. The fraction of sp³-hybridized carbons (Fsp3) is 0.368. The lowest BCUT2D eigenvalue weighted by Crippen LogP contribution is -2.39. The zero-order chi connectivity index (χ0) is 17.9. The van der Waals surface area contributed by atoms with Crippen LogP contribution in [-0.4, -0.2) is 25.7 Å². The first-order valence-corrected chi connectivity index (χ1v) is 9.10. The fourth-order valence-corrected chi connectivity index (χ4v) is 3.89. The number of methoxy groups -OCH3 is 1. The minimum Gasteiger partial charge on any atom is -0.465 e. The van der Waals surface area contributed by atoms with Crippen molar-refractivity contribution in [2.75, 3.05) is 13.7 Å². The van der Waals surface area contributed by atoms with Gasteiger partial charge in [0.2, 0.25) is 0 Å². The Morgan fingerprint density at radius 2 is 1.92 bits per heavy atom. The molecule has 1 saturated carbocycles. The number of urea groups is 1. The third kappa shape index (κ3) is 4.02. The molecule has 6 heteroatoms. The number of benzene rings is 1. The standard InChI is InChI=1S/C19H22N2O3S/c1-13-5-3-4-6-15(13)19(9-10-19)12-21-18(23)20-11-14-7-8-16(25-14)17(22)24-2/h3-8H,9-12H2,1-2H3,(H2,20,21,23). The Bertz CT molecular complexity index is 780. The molecule has 0 atom stereocenters. The molecule has 1 aliphatic rings. The molecule has 0 spiro atoms. The SMILES string of the molecule is COC(=O)c1ccc(CNC(=O)NCC2(c3ccccc3C)CC2)s1. The molecule has 1 aliphatic carbocycles. The molecular formula is C19H22N2O3S. The topological polar surface area (TPSA) is 67.4 Å². The summed E-state index contributed by atoms with van der Waals surface area (Å²) < 4.78 is 4.68. The molecule has 2 amide bonds. The highest BCUT2D eigenvalue weighted by atomic mass is 32.1. The highest BCUT2D eigenvalue weighted by molar-refractivity contribution is 7.13. The lowest BCUT2D eigenvalue weighted by atomic mass is 9.92. The van der Waals surface area contributed by atoms with E-state index in [9.17, 15) is 9.59 Å². The maximum Gasteiger partial charge on any atom is 0.348 e. The summed E-state index contributed by atoms with van der Waals surface area (Å²) in [6, 6.07) is 11.7. The number of ether oxygens (including phenoxy) is 1. The predicted octanol–water partition coefficient (Wildman–Crippen LogP) is 3.37. The average Bonchev–Trinajstić information content (AvgIpc) is 3.26. The van der Waals surface area contributed by atoms with Crippen LogP contribution in [0.15, 0.2) is 36.4 Å². The maximum absolute atomic E-state index is 12.1. The smallest absolute Gasteiger partial charge is 0.348 e. The Hall–Kier alpha value is -2.34. The molecular weight excluding hydrogens is 336 g/mol. The third-order valence-corrected chi connectivity index (χ3v) is 5.69. The van der Waals surface area contributed by atoms with E-state index in [0.717, 1.165) is 17.7 Å². The fourth-order valence-electron chi connectivity index (χ4n) is 3.02. The first kappa shape index (κ1) is 17.5. The van der Waals surface area contributed by atoms with Crippen LogP contribution in [0, 0.1) is 6.92 Å². The molecule has 0 saturated heterocycles. The number of hydrogen-bond acceptors (Lipinski definition) is 4. The van der Waals surface area contributed by atoms with Crippen molar-refractivity contribution in [2.45, 2.75) is 31.7 Å². The highest BCUT2D eigenvalue weighted by Crippen LogP contribution is 2.48. The number of carbonyl (C=O) groups is 2. The Balaban J connectivity index is 1.50. The second kappa shape index (κ2) is 7.27. The van der Waals surface area contributed by atoms with E-state index in [1.807, 2.05) is 12.1 Å². The van der Waals surface area contributed by atoms with Crippen molar-refractivity contribution in [3.63, 3.8) is 0 Å². The second-order valence-corrected chi connectivity index (χ2v) is 7.56. The summed E-state index contributed by atoms with van der Waals surface area (Å²) in [5.74, 6) is -0.352. The van der Waals surface area contributed by atoms with Gasteiger partial charge in [0.1, 0.15) is 4.88 Å². The molecule has 1 heterocycles. The van der Waals surface area contributed by atoms with Crippen LogP contribution in [0.25, 0.3) is 0 Å². The van der Waals surface area contributed by atoms with Crippen molar-refractivity contribution in [1.29, 1.82) is 0 Å². The van der Waals surface area contributed by atoms with Gasteiger partial charge in [0.15, 0.2) is 0 Å². The van der Waals surface area contributed by atoms with E-state index in [-0.39, 0.29) is 17.4 Å². The van der Waals surface area contributed by atoms with Gasteiger partial charge in [-0.3, -0.25) is 0 Å². The molecule has 1 aromatic heterocycles. The summed E-state index contributed by atoms with van der Waals surface area (Å²) in [5.41, 5.74) is 2.69. The van der Waals surface area contributed by atoms with Crippen molar-refractivity contribution >= 4 is 23.3 Å². The van der Waals surface area contributed by atoms with Crippen LogP contribution in [0.4, 0.5) is 4.79 Å². The second-order valence-electron chi connectivity index (χ2n) is 6.39. The number of thiophene rings is 1. The minimum atomic E-state index is -0.352. The van der Waals surface area contributed by atoms with Crippen LogP contribution >= 0.6 is 11.3 Å². The molecule has 0 bridgehead atoms. The summed E-state index contributed by atoms with van der Waals surface area (Å²) in [5, 5.41) is 5.83. The molecule has 1 aromatic carbocycles. The number of aryl methyl sites for hydroxylation is 1. The van der Waals surface area contributed by atoms with Gasteiger partial charge in [-0.2, -0.15) is 0 Å². The van der Waals surface area contributed by atoms with Crippen LogP contribution in [0.1, 0.15) is 38.5 Å². The van der Waals surface area contributed by atoms with E-state index in [1.54, 1.807) is 6.07 Å². The third-order valence-electron chi connectivity index (χ3n) is 4.63. The molecule has 0 aliphatic heterocycles. The highest BCUT2D eigenvalue weighted by Gasteiger charge is 2.45. The predicted molar refractivity (Wildman–Crippen MR) is 98.0 cm³/mol. The van der Waals surface area contributed by atoms with E-state index in [4.69, 9.17) is 0 Å². The lowest BCUT2D eigenvalue weighted by Gasteiger charge is -2.19. The van der Waals surface area contributed by atoms with Crippen molar-refractivity contribution in [3.05, 3.63) is 57.3 Å². The van der Waals surface area contributed by atoms with Gasteiger partial charge >= 0.3 is 12.0 Å². The van der Waals surface area contributed by atoms with Gasteiger partial charge in [-0.05, 0) is 43.0 Å². The molecule has 0 unspecified atom stereocenters.